The Balaban J connectivity index is 1.31. The normalized spacial score (nSPS) is 44.4. The molecule has 0 saturated heterocycles. The van der Waals surface area contributed by atoms with E-state index < -0.39 is 0 Å². The molecular formula is C33H52O6. The summed E-state index contributed by atoms with van der Waals surface area (Å²) in [6.07, 6.45) is 16.6. The summed E-state index contributed by atoms with van der Waals surface area (Å²) in [6, 6.07) is 0. The van der Waals surface area contributed by atoms with E-state index in [2.05, 4.69) is 45.1 Å². The van der Waals surface area contributed by atoms with Gasteiger partial charge in [0.05, 0.1) is 24.7 Å². The third-order valence-electron chi connectivity index (χ3n) is 12.6. The number of ether oxygens (including phenoxy) is 2. The molecule has 0 aromatic carbocycles. The standard InChI is InChI=1S/C33H52O6/c1-4-31(12-8-7-9-24(31)16-34)21-39-30-14-22-13-26(30)33(6-3,20-37)28(22)18-38-29-15-23-10-11-25(29)27(17-35)32(23,5-2)19-36/h7-8,14-15,22-28,34-37H,4-6,9-13,16-21H2,1-3H3. The van der Waals surface area contributed by atoms with Crippen molar-refractivity contribution in [3.8, 4) is 0 Å². The molecule has 0 aromatic rings. The maximum atomic E-state index is 10.8. The van der Waals surface area contributed by atoms with Crippen LogP contribution in [-0.4, -0.2) is 60.1 Å². The minimum Gasteiger partial charge on any atom is -0.498 e. The predicted molar refractivity (Wildman–Crippen MR) is 151 cm³/mol. The fourth-order valence-electron chi connectivity index (χ4n) is 9.71. The molecule has 4 N–H and O–H groups in total. The van der Waals surface area contributed by atoms with E-state index in [0.29, 0.717) is 19.1 Å². The third kappa shape index (κ3) is 4.43. The average Bonchev–Trinajstić information content (AvgIpc) is 3.55. The lowest BCUT2D eigenvalue weighted by molar-refractivity contribution is -0.0946. The lowest BCUT2D eigenvalue weighted by atomic mass is 9.52. The van der Waals surface area contributed by atoms with Gasteiger partial charge < -0.3 is 29.9 Å². The second-order valence-electron chi connectivity index (χ2n) is 13.4. The number of hydrogen-bond donors (Lipinski definition) is 4. The predicted octanol–water partition coefficient (Wildman–Crippen LogP) is 4.83. The van der Waals surface area contributed by atoms with Crippen molar-refractivity contribution in [2.24, 2.45) is 57.7 Å². The first-order chi connectivity index (χ1) is 18.9. The van der Waals surface area contributed by atoms with Crippen LogP contribution in [0.25, 0.3) is 0 Å². The van der Waals surface area contributed by atoms with Gasteiger partial charge in [-0.1, -0.05) is 32.9 Å². The van der Waals surface area contributed by atoms with E-state index in [1.165, 1.54) is 0 Å². The van der Waals surface area contributed by atoms with Crippen LogP contribution < -0.4 is 0 Å². The molecule has 0 radical (unpaired) electrons. The highest BCUT2D eigenvalue weighted by Gasteiger charge is 2.59. The van der Waals surface area contributed by atoms with Crippen LogP contribution >= 0.6 is 0 Å². The number of allylic oxidation sites excluding steroid dienone is 6. The summed E-state index contributed by atoms with van der Waals surface area (Å²) >= 11 is 0. The van der Waals surface area contributed by atoms with Gasteiger partial charge in [0.25, 0.3) is 0 Å². The first kappa shape index (κ1) is 29.2. The van der Waals surface area contributed by atoms with Crippen LogP contribution in [0.2, 0.25) is 0 Å². The van der Waals surface area contributed by atoms with E-state index in [4.69, 9.17) is 9.47 Å². The van der Waals surface area contributed by atoms with E-state index >= 15 is 0 Å². The Morgan fingerprint density at radius 1 is 0.821 bits per heavy atom. The van der Waals surface area contributed by atoms with Crippen molar-refractivity contribution in [1.29, 1.82) is 0 Å². The summed E-state index contributed by atoms with van der Waals surface area (Å²) in [5.74, 6) is 3.41. The molecule has 4 bridgehead atoms. The average molecular weight is 545 g/mol. The zero-order chi connectivity index (χ0) is 27.8. The van der Waals surface area contributed by atoms with Gasteiger partial charge in [-0.25, -0.2) is 0 Å². The number of rotatable bonds is 13. The largest absolute Gasteiger partial charge is 0.498 e. The zero-order valence-electron chi connectivity index (χ0n) is 24.4. The van der Waals surface area contributed by atoms with E-state index in [9.17, 15) is 20.4 Å². The molecule has 6 rings (SSSR count). The summed E-state index contributed by atoms with van der Waals surface area (Å²) in [7, 11) is 0. The van der Waals surface area contributed by atoms with Gasteiger partial charge in [0, 0.05) is 66.3 Å². The Kier molecular flexibility index (Phi) is 8.60. The van der Waals surface area contributed by atoms with Gasteiger partial charge in [-0.3, -0.25) is 0 Å². The molecule has 6 aliphatic carbocycles. The highest BCUT2D eigenvalue weighted by molar-refractivity contribution is 5.25. The molecule has 6 aliphatic rings. The molecule has 10 atom stereocenters. The Bertz CT molecular complexity index is 946. The van der Waals surface area contributed by atoms with Crippen LogP contribution in [0.1, 0.15) is 72.1 Å². The molecule has 2 saturated carbocycles. The van der Waals surface area contributed by atoms with Crippen molar-refractivity contribution in [3.63, 3.8) is 0 Å². The number of aliphatic hydroxyl groups excluding tert-OH is 4. The topological polar surface area (TPSA) is 99.4 Å². The highest BCUT2D eigenvalue weighted by Crippen LogP contribution is 2.62. The Morgan fingerprint density at radius 3 is 2.23 bits per heavy atom. The Hall–Kier alpha value is -1.34. The zero-order valence-corrected chi connectivity index (χ0v) is 24.4. The van der Waals surface area contributed by atoms with Crippen LogP contribution in [0.5, 0.6) is 0 Å². The van der Waals surface area contributed by atoms with Crippen LogP contribution in [0.3, 0.4) is 0 Å². The second-order valence-corrected chi connectivity index (χ2v) is 13.4. The van der Waals surface area contributed by atoms with E-state index in [0.717, 1.165) is 62.9 Å². The van der Waals surface area contributed by atoms with Gasteiger partial charge in [-0.05, 0) is 81.3 Å². The molecular weight excluding hydrogens is 492 g/mol. The fourth-order valence-corrected chi connectivity index (χ4v) is 9.71. The molecule has 0 heterocycles. The molecule has 0 aliphatic heterocycles. The minimum absolute atomic E-state index is 0.0308. The monoisotopic (exact) mass is 544 g/mol. The Morgan fingerprint density at radius 2 is 1.59 bits per heavy atom. The first-order valence-corrected chi connectivity index (χ1v) is 15.7. The van der Waals surface area contributed by atoms with Crippen molar-refractivity contribution in [3.05, 3.63) is 35.8 Å². The quantitative estimate of drug-likeness (QED) is 0.248. The first-order valence-electron chi connectivity index (χ1n) is 15.7. The molecule has 2 fully saturated rings. The Labute approximate surface area is 235 Å². The van der Waals surface area contributed by atoms with Crippen LogP contribution in [0.4, 0.5) is 0 Å². The molecule has 0 aromatic heterocycles. The van der Waals surface area contributed by atoms with Crippen molar-refractivity contribution in [2.45, 2.75) is 72.1 Å². The van der Waals surface area contributed by atoms with Gasteiger partial charge in [0.15, 0.2) is 0 Å². The molecule has 39 heavy (non-hydrogen) atoms. The van der Waals surface area contributed by atoms with E-state index in [1.807, 2.05) is 0 Å². The lowest BCUT2D eigenvalue weighted by Gasteiger charge is -2.54. The minimum atomic E-state index is -0.264. The van der Waals surface area contributed by atoms with E-state index in [1.54, 1.807) is 0 Å². The summed E-state index contributed by atoms with van der Waals surface area (Å²) in [5.41, 5.74) is -0.551. The van der Waals surface area contributed by atoms with E-state index in [-0.39, 0.29) is 78.2 Å². The lowest BCUT2D eigenvalue weighted by Crippen LogP contribution is -2.52. The smallest absolute Gasteiger partial charge is 0.0960 e. The molecule has 6 heteroatoms. The van der Waals surface area contributed by atoms with Crippen molar-refractivity contribution in [1.82, 2.24) is 0 Å². The van der Waals surface area contributed by atoms with Gasteiger partial charge in [0.2, 0.25) is 0 Å². The highest BCUT2D eigenvalue weighted by atomic mass is 16.5. The fraction of sp³-hybridized carbons (Fsp3) is 0.818. The van der Waals surface area contributed by atoms with Gasteiger partial charge >= 0.3 is 0 Å². The molecule has 6 nitrogen and oxygen atoms in total. The maximum Gasteiger partial charge on any atom is 0.0960 e. The maximum absolute atomic E-state index is 10.8. The molecule has 220 valence electrons. The van der Waals surface area contributed by atoms with Crippen LogP contribution in [0, 0.1) is 57.7 Å². The summed E-state index contributed by atoms with van der Waals surface area (Å²) in [6.45, 7) is 8.20. The summed E-state index contributed by atoms with van der Waals surface area (Å²) in [4.78, 5) is 0. The number of hydrogen-bond acceptors (Lipinski definition) is 6. The van der Waals surface area contributed by atoms with Gasteiger partial charge in [0.1, 0.15) is 0 Å². The second kappa shape index (κ2) is 11.5. The summed E-state index contributed by atoms with van der Waals surface area (Å²) in [5, 5.41) is 41.5. The van der Waals surface area contributed by atoms with Gasteiger partial charge in [-0.2, -0.15) is 0 Å². The summed E-state index contributed by atoms with van der Waals surface area (Å²) < 4.78 is 13.3. The molecule has 0 spiro atoms. The SMILES string of the molecule is CCC1(COC2=CC3CC2C(CC)(CO)C3COC2=CC3CCC2C(CO)C3(CC)CO)CC=CCC1CO. The number of aliphatic hydroxyl groups is 4. The van der Waals surface area contributed by atoms with Crippen molar-refractivity contribution < 1.29 is 29.9 Å². The molecule has 10 unspecified atom stereocenters. The molecule has 0 amide bonds. The third-order valence-corrected chi connectivity index (χ3v) is 12.6. The van der Waals surface area contributed by atoms with Gasteiger partial charge in [-0.15, -0.1) is 0 Å². The van der Waals surface area contributed by atoms with Crippen LogP contribution in [-0.2, 0) is 9.47 Å². The van der Waals surface area contributed by atoms with Crippen molar-refractivity contribution in [2.75, 3.05) is 39.6 Å². The number of fused-ring (bicyclic) bond motifs is 4. The van der Waals surface area contributed by atoms with Crippen LogP contribution in [0.15, 0.2) is 35.8 Å². The van der Waals surface area contributed by atoms with Crippen molar-refractivity contribution >= 4 is 0 Å².